The third kappa shape index (κ3) is 2.16. The largest absolute Gasteiger partial charge is 0.476 e. The van der Waals surface area contributed by atoms with Crippen LogP contribution in [0.15, 0.2) is 29.2 Å². The minimum absolute atomic E-state index is 0.0404. The highest BCUT2D eigenvalue weighted by Gasteiger charge is 2.31. The molecule has 20 heavy (non-hydrogen) atoms. The van der Waals surface area contributed by atoms with Crippen molar-refractivity contribution in [1.82, 2.24) is 9.78 Å². The Hall–Kier alpha value is -1.95. The molecule has 1 aromatic carbocycles. The van der Waals surface area contributed by atoms with Crippen LogP contribution in [0, 0.1) is 0 Å². The molecule has 6 heteroatoms. The van der Waals surface area contributed by atoms with Crippen LogP contribution in [0.2, 0.25) is 0 Å². The van der Waals surface area contributed by atoms with E-state index in [0.29, 0.717) is 0 Å². The monoisotopic (exact) mass is 290 g/mol. The van der Waals surface area contributed by atoms with E-state index in [1.807, 2.05) is 32.0 Å². The van der Waals surface area contributed by atoms with Gasteiger partial charge in [-0.05, 0) is 32.0 Å². The maximum absolute atomic E-state index is 11.0. The molecule has 1 aliphatic heterocycles. The molecule has 2 aromatic rings. The summed E-state index contributed by atoms with van der Waals surface area (Å²) in [7, 11) is 1.73. The van der Waals surface area contributed by atoms with Crippen LogP contribution in [-0.2, 0) is 7.05 Å². The summed E-state index contributed by atoms with van der Waals surface area (Å²) in [5.74, 6) is -0.198. The molecule has 1 N–H and O–H groups in total. The van der Waals surface area contributed by atoms with Gasteiger partial charge in [0.2, 0.25) is 0 Å². The van der Waals surface area contributed by atoms with E-state index in [1.54, 1.807) is 29.6 Å². The first-order chi connectivity index (χ1) is 9.35. The molecule has 0 saturated carbocycles. The number of hydrogen-bond acceptors (Lipinski definition) is 4. The second-order valence-corrected chi connectivity index (χ2v) is 6.74. The molecular weight excluding hydrogens is 276 g/mol. The maximum atomic E-state index is 11.0. The van der Waals surface area contributed by atoms with E-state index in [2.05, 4.69) is 5.10 Å². The predicted molar refractivity (Wildman–Crippen MR) is 76.2 cm³/mol. The van der Waals surface area contributed by atoms with Crippen molar-refractivity contribution >= 4 is 17.7 Å². The van der Waals surface area contributed by atoms with Crippen molar-refractivity contribution < 1.29 is 14.6 Å². The molecular formula is C14H14N2O3S. The number of carboxylic acids is 1. The SMILES string of the molecule is Cn1nc(C(=O)O)cc1-c1ccc2c(c1)OC(C)(C)S2. The zero-order valence-electron chi connectivity index (χ0n) is 11.4. The highest BCUT2D eigenvalue weighted by Crippen LogP contribution is 2.48. The smallest absolute Gasteiger partial charge is 0.356 e. The van der Waals surface area contributed by atoms with Crippen LogP contribution in [0.4, 0.5) is 0 Å². The van der Waals surface area contributed by atoms with Crippen molar-refractivity contribution in [3.8, 4) is 17.0 Å². The van der Waals surface area contributed by atoms with Gasteiger partial charge in [-0.3, -0.25) is 4.68 Å². The van der Waals surface area contributed by atoms with Gasteiger partial charge in [-0.25, -0.2) is 4.79 Å². The van der Waals surface area contributed by atoms with Crippen LogP contribution in [-0.4, -0.2) is 25.8 Å². The Balaban J connectivity index is 2.03. The van der Waals surface area contributed by atoms with E-state index in [-0.39, 0.29) is 10.6 Å². The van der Waals surface area contributed by atoms with Crippen molar-refractivity contribution in [2.75, 3.05) is 0 Å². The lowest BCUT2D eigenvalue weighted by atomic mass is 10.1. The van der Waals surface area contributed by atoms with Crippen LogP contribution in [0.5, 0.6) is 5.75 Å². The molecule has 0 aliphatic carbocycles. The molecule has 104 valence electrons. The molecule has 0 atom stereocenters. The van der Waals surface area contributed by atoms with Gasteiger partial charge >= 0.3 is 5.97 Å². The molecule has 5 nitrogen and oxygen atoms in total. The molecule has 0 spiro atoms. The molecule has 0 radical (unpaired) electrons. The molecule has 3 rings (SSSR count). The molecule has 0 bridgehead atoms. The zero-order chi connectivity index (χ0) is 14.5. The van der Waals surface area contributed by atoms with Crippen molar-refractivity contribution in [3.63, 3.8) is 0 Å². The number of rotatable bonds is 2. The fourth-order valence-corrected chi connectivity index (χ4v) is 3.22. The lowest BCUT2D eigenvalue weighted by Crippen LogP contribution is -2.18. The first-order valence-electron chi connectivity index (χ1n) is 6.15. The summed E-state index contributed by atoms with van der Waals surface area (Å²) < 4.78 is 7.44. The number of hydrogen-bond donors (Lipinski definition) is 1. The first-order valence-corrected chi connectivity index (χ1v) is 6.97. The number of thioether (sulfide) groups is 1. The van der Waals surface area contributed by atoms with Crippen LogP contribution in [0.25, 0.3) is 11.3 Å². The Morgan fingerprint density at radius 2 is 2.15 bits per heavy atom. The Morgan fingerprint density at radius 3 is 2.80 bits per heavy atom. The number of aromatic nitrogens is 2. The number of nitrogens with zero attached hydrogens (tertiary/aromatic N) is 2. The van der Waals surface area contributed by atoms with Crippen LogP contribution >= 0.6 is 11.8 Å². The van der Waals surface area contributed by atoms with Crippen molar-refractivity contribution in [2.24, 2.45) is 7.05 Å². The van der Waals surface area contributed by atoms with Gasteiger partial charge in [0.05, 0.1) is 10.6 Å². The normalized spacial score (nSPS) is 15.8. The molecule has 0 fully saturated rings. The fraction of sp³-hybridized carbons (Fsp3) is 0.286. The topological polar surface area (TPSA) is 64.4 Å². The van der Waals surface area contributed by atoms with E-state index in [4.69, 9.17) is 9.84 Å². The zero-order valence-corrected chi connectivity index (χ0v) is 12.2. The maximum Gasteiger partial charge on any atom is 0.356 e. The molecule has 0 unspecified atom stereocenters. The van der Waals surface area contributed by atoms with Crippen LogP contribution < -0.4 is 4.74 Å². The summed E-state index contributed by atoms with van der Waals surface area (Å²) in [5.41, 5.74) is 1.69. The molecule has 1 aromatic heterocycles. The number of carbonyl (C=O) groups is 1. The minimum Gasteiger partial charge on any atom is -0.476 e. The number of ether oxygens (including phenoxy) is 1. The van der Waals surface area contributed by atoms with Crippen LogP contribution in [0.3, 0.4) is 0 Å². The molecule has 1 aliphatic rings. The number of carboxylic acid groups (broad SMARTS) is 1. The van der Waals surface area contributed by atoms with Gasteiger partial charge in [0.25, 0.3) is 0 Å². The van der Waals surface area contributed by atoms with Crippen molar-refractivity contribution in [3.05, 3.63) is 30.0 Å². The van der Waals surface area contributed by atoms with E-state index in [9.17, 15) is 4.79 Å². The summed E-state index contributed by atoms with van der Waals surface area (Å²) >= 11 is 1.67. The third-order valence-electron chi connectivity index (χ3n) is 3.05. The third-order valence-corrected chi connectivity index (χ3v) is 4.18. The second-order valence-electron chi connectivity index (χ2n) is 5.11. The lowest BCUT2D eigenvalue weighted by Gasteiger charge is -2.15. The van der Waals surface area contributed by atoms with Gasteiger partial charge in [-0.1, -0.05) is 17.8 Å². The Labute approximate surface area is 120 Å². The Morgan fingerprint density at radius 1 is 1.40 bits per heavy atom. The standard InChI is InChI=1S/C14H14N2O3S/c1-14(2)19-11-6-8(4-5-12(11)20-14)10-7-9(13(17)18)15-16(10)3/h4-7H,1-3H3,(H,17,18). The van der Waals surface area contributed by atoms with E-state index in [1.165, 1.54) is 0 Å². The second kappa shape index (κ2) is 4.28. The summed E-state index contributed by atoms with van der Waals surface area (Å²) in [6.07, 6.45) is 0. The summed E-state index contributed by atoms with van der Waals surface area (Å²) in [4.78, 5) is 11.8. The fourth-order valence-electron chi connectivity index (χ4n) is 2.22. The predicted octanol–water partition coefficient (Wildman–Crippen LogP) is 3.01. The van der Waals surface area contributed by atoms with E-state index >= 15 is 0 Å². The van der Waals surface area contributed by atoms with Crippen molar-refractivity contribution in [2.45, 2.75) is 23.7 Å². The van der Waals surface area contributed by atoms with E-state index in [0.717, 1.165) is 21.9 Å². The minimum atomic E-state index is -1.03. The van der Waals surface area contributed by atoms with Gasteiger partial charge in [-0.15, -0.1) is 0 Å². The van der Waals surface area contributed by atoms with Gasteiger partial charge in [0.1, 0.15) is 5.75 Å². The lowest BCUT2D eigenvalue weighted by molar-refractivity contribution is 0.0689. The van der Waals surface area contributed by atoms with E-state index < -0.39 is 5.97 Å². The quantitative estimate of drug-likeness (QED) is 0.921. The molecule has 0 amide bonds. The highest BCUT2D eigenvalue weighted by molar-refractivity contribution is 8.00. The van der Waals surface area contributed by atoms with Crippen LogP contribution in [0.1, 0.15) is 24.3 Å². The summed E-state index contributed by atoms with van der Waals surface area (Å²) in [6, 6.07) is 7.45. The van der Waals surface area contributed by atoms with Gasteiger partial charge in [-0.2, -0.15) is 5.10 Å². The number of benzene rings is 1. The number of aromatic carboxylic acids is 1. The molecule has 2 heterocycles. The number of aryl methyl sites for hydroxylation is 1. The Kier molecular flexibility index (Phi) is 2.79. The summed E-state index contributed by atoms with van der Waals surface area (Å²) in [5, 5.41) is 13.0. The first kappa shape index (κ1) is 13.1. The van der Waals surface area contributed by atoms with Gasteiger partial charge < -0.3 is 9.84 Å². The summed E-state index contributed by atoms with van der Waals surface area (Å²) in [6.45, 7) is 4.04. The van der Waals surface area contributed by atoms with Crippen molar-refractivity contribution in [1.29, 1.82) is 0 Å². The average molecular weight is 290 g/mol. The van der Waals surface area contributed by atoms with Gasteiger partial charge in [0, 0.05) is 12.6 Å². The average Bonchev–Trinajstić information content (AvgIpc) is 2.86. The highest BCUT2D eigenvalue weighted by atomic mass is 32.2. The van der Waals surface area contributed by atoms with Gasteiger partial charge in [0.15, 0.2) is 10.6 Å². The molecule has 0 saturated heterocycles. The Bertz CT molecular complexity index is 706. The number of fused-ring (bicyclic) bond motifs is 1.